The number of nitrogens with one attached hydrogen (secondary N) is 2. The normalized spacial score (nSPS) is 11.5. The zero-order valence-corrected chi connectivity index (χ0v) is 17.1. The predicted molar refractivity (Wildman–Crippen MR) is 116 cm³/mol. The third kappa shape index (κ3) is 8.55. The van der Waals surface area contributed by atoms with E-state index in [4.69, 9.17) is 9.68 Å². The average Bonchev–Trinajstić information content (AvgIpc) is 2.79. The van der Waals surface area contributed by atoms with Crippen LogP contribution in [0.3, 0.4) is 0 Å². The van der Waals surface area contributed by atoms with Crippen LogP contribution in [-0.2, 0) is 9.68 Å². The Morgan fingerprint density at radius 2 is 1.07 bits per heavy atom. The van der Waals surface area contributed by atoms with Crippen molar-refractivity contribution in [3.8, 4) is 0 Å². The van der Waals surface area contributed by atoms with Gasteiger partial charge in [0.2, 0.25) is 0 Å². The van der Waals surface area contributed by atoms with Crippen LogP contribution in [0.2, 0.25) is 0 Å². The highest BCUT2D eigenvalue weighted by atomic mass is 16.7. The lowest BCUT2D eigenvalue weighted by atomic mass is 10.1. The molecule has 0 aliphatic rings. The summed E-state index contributed by atoms with van der Waals surface area (Å²) in [5.41, 5.74) is 2.98. The average molecular weight is 410 g/mol. The first-order valence-electron chi connectivity index (χ1n) is 9.66. The number of rotatable bonds is 9. The Kier molecular flexibility index (Phi) is 9.58. The molecule has 2 aromatic rings. The number of unbranched alkanes of at least 4 members (excludes halogenated alkanes) is 1. The molecule has 0 spiro atoms. The maximum absolute atomic E-state index is 11.6. The predicted octanol–water partition coefficient (Wildman–Crippen LogP) is 4.07. The van der Waals surface area contributed by atoms with Gasteiger partial charge in [-0.2, -0.15) is 0 Å². The van der Waals surface area contributed by atoms with E-state index in [1.807, 2.05) is 60.7 Å². The Morgan fingerprint density at radius 3 is 1.43 bits per heavy atom. The molecule has 2 N–H and O–H groups in total. The lowest BCUT2D eigenvalue weighted by molar-refractivity contribution is 0.148. The summed E-state index contributed by atoms with van der Waals surface area (Å²) in [6, 6.07) is 18.9. The molecule has 0 atom stereocenters. The van der Waals surface area contributed by atoms with E-state index in [9.17, 15) is 9.59 Å². The number of nitrogens with zero attached hydrogens (tertiary/aromatic N) is 2. The lowest BCUT2D eigenvalue weighted by Gasteiger charge is -2.05. The van der Waals surface area contributed by atoms with Crippen molar-refractivity contribution in [3.05, 3.63) is 71.8 Å². The first kappa shape index (κ1) is 22.6. The molecule has 0 fully saturated rings. The van der Waals surface area contributed by atoms with Crippen molar-refractivity contribution in [1.29, 1.82) is 0 Å². The van der Waals surface area contributed by atoms with Crippen LogP contribution in [0, 0.1) is 0 Å². The highest BCUT2D eigenvalue weighted by molar-refractivity contribution is 5.99. The third-order valence-electron chi connectivity index (χ3n) is 4.06. The van der Waals surface area contributed by atoms with Gasteiger partial charge in [0.1, 0.15) is 0 Å². The molecular weight excluding hydrogens is 384 g/mol. The van der Waals surface area contributed by atoms with Crippen molar-refractivity contribution in [2.75, 3.05) is 13.1 Å². The molecule has 2 rings (SSSR count). The molecule has 0 saturated carbocycles. The van der Waals surface area contributed by atoms with Crippen LogP contribution in [0.25, 0.3) is 0 Å². The number of benzene rings is 2. The molecule has 0 aliphatic heterocycles. The van der Waals surface area contributed by atoms with E-state index >= 15 is 0 Å². The zero-order valence-electron chi connectivity index (χ0n) is 17.1. The Balaban J connectivity index is 1.55. The van der Waals surface area contributed by atoms with Gasteiger partial charge in [0.15, 0.2) is 0 Å². The number of hydrogen-bond acceptors (Lipinski definition) is 6. The molecule has 2 amide bonds. The lowest BCUT2D eigenvalue weighted by Crippen LogP contribution is -2.27. The molecule has 0 saturated heterocycles. The fraction of sp³-hybridized carbons (Fsp3) is 0.273. The van der Waals surface area contributed by atoms with E-state index in [-0.39, 0.29) is 0 Å². The SMILES string of the molecule is C/C(=N\OC(=O)NCCCCNC(=O)O/N=C(\C)c1ccccc1)c1ccccc1. The van der Waals surface area contributed by atoms with Crippen molar-refractivity contribution >= 4 is 23.6 Å². The molecule has 158 valence electrons. The minimum Gasteiger partial charge on any atom is -0.320 e. The molecule has 0 aliphatic carbocycles. The van der Waals surface area contributed by atoms with Crippen LogP contribution in [0.4, 0.5) is 9.59 Å². The second-order valence-electron chi connectivity index (χ2n) is 6.40. The smallest absolute Gasteiger partial charge is 0.320 e. The van der Waals surface area contributed by atoms with Crippen molar-refractivity contribution in [3.63, 3.8) is 0 Å². The summed E-state index contributed by atoms with van der Waals surface area (Å²) in [4.78, 5) is 32.9. The highest BCUT2D eigenvalue weighted by Crippen LogP contribution is 2.02. The number of amides is 2. The van der Waals surface area contributed by atoms with Gasteiger partial charge in [0.25, 0.3) is 0 Å². The van der Waals surface area contributed by atoms with E-state index in [1.54, 1.807) is 13.8 Å². The summed E-state index contributed by atoms with van der Waals surface area (Å²) in [6.07, 6.45) is 0.0679. The zero-order chi connectivity index (χ0) is 21.6. The van der Waals surface area contributed by atoms with Gasteiger partial charge in [-0.3, -0.25) is 9.68 Å². The van der Waals surface area contributed by atoms with Gasteiger partial charge in [-0.15, -0.1) is 0 Å². The Hall–Kier alpha value is -3.68. The Bertz CT molecular complexity index is 794. The van der Waals surface area contributed by atoms with Crippen molar-refractivity contribution in [1.82, 2.24) is 10.6 Å². The second kappa shape index (κ2) is 12.7. The van der Waals surface area contributed by atoms with Crippen LogP contribution in [0.1, 0.15) is 37.8 Å². The topological polar surface area (TPSA) is 101 Å². The van der Waals surface area contributed by atoms with E-state index in [2.05, 4.69) is 20.9 Å². The fourth-order valence-electron chi connectivity index (χ4n) is 2.38. The summed E-state index contributed by atoms with van der Waals surface area (Å²) in [5.74, 6) is 0. The largest absolute Gasteiger partial charge is 0.433 e. The van der Waals surface area contributed by atoms with E-state index in [0.29, 0.717) is 37.4 Å². The van der Waals surface area contributed by atoms with Crippen LogP contribution in [-0.4, -0.2) is 36.7 Å². The first-order valence-corrected chi connectivity index (χ1v) is 9.66. The molecule has 8 heteroatoms. The van der Waals surface area contributed by atoms with Gasteiger partial charge in [0, 0.05) is 13.1 Å². The fourth-order valence-corrected chi connectivity index (χ4v) is 2.38. The first-order chi connectivity index (χ1) is 14.6. The summed E-state index contributed by atoms with van der Waals surface area (Å²) in [6.45, 7) is 4.33. The number of carbonyl (C=O) groups excluding carboxylic acids is 2. The Labute approximate surface area is 175 Å². The second-order valence-corrected chi connectivity index (χ2v) is 6.40. The van der Waals surface area contributed by atoms with E-state index in [1.165, 1.54) is 0 Å². The van der Waals surface area contributed by atoms with Crippen molar-refractivity contribution in [2.24, 2.45) is 10.3 Å². The quantitative estimate of drug-likeness (QED) is 0.282. The van der Waals surface area contributed by atoms with Crippen molar-refractivity contribution in [2.45, 2.75) is 26.7 Å². The number of oxime groups is 2. The molecule has 8 nitrogen and oxygen atoms in total. The van der Waals surface area contributed by atoms with Crippen LogP contribution in [0.5, 0.6) is 0 Å². The van der Waals surface area contributed by atoms with Gasteiger partial charge >= 0.3 is 12.2 Å². The van der Waals surface area contributed by atoms with Gasteiger partial charge < -0.3 is 10.6 Å². The summed E-state index contributed by atoms with van der Waals surface area (Å²) < 4.78 is 0. The van der Waals surface area contributed by atoms with Crippen molar-refractivity contribution < 1.29 is 19.3 Å². The highest BCUT2D eigenvalue weighted by Gasteiger charge is 2.04. The molecule has 0 bridgehead atoms. The molecule has 0 unspecified atom stereocenters. The standard InChI is InChI=1S/C22H26N4O4/c1-17(19-11-5-3-6-12-19)25-29-21(27)23-15-9-10-16-24-22(28)30-26-18(2)20-13-7-4-8-14-20/h3-8,11-14H,9-10,15-16H2,1-2H3,(H,23,27)(H,24,28)/b25-17+,26-18+. The molecule has 2 aromatic carbocycles. The third-order valence-corrected chi connectivity index (χ3v) is 4.06. The van der Waals surface area contributed by atoms with E-state index in [0.717, 1.165) is 11.1 Å². The molecule has 0 radical (unpaired) electrons. The number of carbonyl (C=O) groups is 2. The van der Waals surface area contributed by atoms with Crippen LogP contribution < -0.4 is 10.6 Å². The molecular formula is C22H26N4O4. The number of hydrogen-bond donors (Lipinski definition) is 2. The summed E-state index contributed by atoms with van der Waals surface area (Å²) >= 11 is 0. The van der Waals surface area contributed by atoms with Crippen LogP contribution in [0.15, 0.2) is 71.0 Å². The van der Waals surface area contributed by atoms with Gasteiger partial charge in [-0.05, 0) is 37.8 Å². The summed E-state index contributed by atoms with van der Waals surface area (Å²) in [7, 11) is 0. The van der Waals surface area contributed by atoms with Gasteiger partial charge in [-0.1, -0.05) is 71.0 Å². The monoisotopic (exact) mass is 410 g/mol. The summed E-state index contributed by atoms with van der Waals surface area (Å²) in [5, 5.41) is 12.8. The maximum atomic E-state index is 11.6. The molecule has 0 aromatic heterocycles. The van der Waals surface area contributed by atoms with Crippen LogP contribution >= 0.6 is 0 Å². The molecule has 30 heavy (non-hydrogen) atoms. The van der Waals surface area contributed by atoms with Gasteiger partial charge in [0.05, 0.1) is 11.4 Å². The maximum Gasteiger partial charge on any atom is 0.433 e. The minimum absolute atomic E-state index is 0.404. The van der Waals surface area contributed by atoms with Gasteiger partial charge in [-0.25, -0.2) is 9.59 Å². The molecule has 0 heterocycles. The minimum atomic E-state index is -0.622. The van der Waals surface area contributed by atoms with E-state index < -0.39 is 12.2 Å². The Morgan fingerprint density at radius 1 is 0.700 bits per heavy atom.